The number of tetrazole rings is 1. The van der Waals surface area contributed by atoms with Crippen molar-refractivity contribution in [2.45, 2.75) is 32.9 Å². The highest BCUT2D eigenvalue weighted by atomic mass is 16.5. The van der Waals surface area contributed by atoms with E-state index in [0.717, 1.165) is 16.8 Å². The standard InChI is InChI=1S/C17H21N7O2/c1-11(2)15-8-14(26-21-15)10-24(3)17(25)18-9-12-5-4-6-13(7-12)16-19-22-23-20-16/h4-8,11H,9-10H2,1-3H3,(H,18,25)(H,19,20,22,23). The summed E-state index contributed by atoms with van der Waals surface area (Å²) in [4.78, 5) is 13.8. The number of benzene rings is 1. The maximum absolute atomic E-state index is 12.3. The number of hydrogen-bond acceptors (Lipinski definition) is 6. The predicted octanol–water partition coefficient (Wildman–Crippen LogP) is 2.32. The minimum Gasteiger partial charge on any atom is -0.359 e. The van der Waals surface area contributed by atoms with Gasteiger partial charge in [0, 0.05) is 25.2 Å². The molecule has 0 unspecified atom stereocenters. The van der Waals surface area contributed by atoms with Crippen molar-refractivity contribution in [1.29, 1.82) is 0 Å². The number of nitrogens with zero attached hydrogens (tertiary/aromatic N) is 5. The molecule has 2 heterocycles. The quantitative estimate of drug-likeness (QED) is 0.701. The molecule has 0 atom stereocenters. The first-order valence-corrected chi connectivity index (χ1v) is 8.30. The molecule has 0 aliphatic rings. The van der Waals surface area contributed by atoms with Gasteiger partial charge in [0.1, 0.15) is 0 Å². The van der Waals surface area contributed by atoms with E-state index in [9.17, 15) is 4.79 Å². The first kappa shape index (κ1) is 17.6. The SMILES string of the molecule is CC(C)c1cc(CN(C)C(=O)NCc2cccc(-c3nn[nH]n3)c2)on1. The summed E-state index contributed by atoms with van der Waals surface area (Å²) in [7, 11) is 1.71. The lowest BCUT2D eigenvalue weighted by Gasteiger charge is -2.16. The van der Waals surface area contributed by atoms with Crippen molar-refractivity contribution in [3.8, 4) is 11.4 Å². The van der Waals surface area contributed by atoms with Gasteiger partial charge in [0.2, 0.25) is 5.82 Å². The Hall–Kier alpha value is -3.23. The fourth-order valence-electron chi connectivity index (χ4n) is 2.40. The lowest BCUT2D eigenvalue weighted by Crippen LogP contribution is -2.36. The van der Waals surface area contributed by atoms with Gasteiger partial charge >= 0.3 is 6.03 Å². The fraction of sp³-hybridized carbons (Fsp3) is 0.353. The van der Waals surface area contributed by atoms with Crippen LogP contribution >= 0.6 is 0 Å². The van der Waals surface area contributed by atoms with Crippen LogP contribution in [0.2, 0.25) is 0 Å². The van der Waals surface area contributed by atoms with Crippen LogP contribution in [0.4, 0.5) is 4.79 Å². The minimum atomic E-state index is -0.197. The zero-order valence-corrected chi connectivity index (χ0v) is 14.9. The Morgan fingerprint density at radius 1 is 1.35 bits per heavy atom. The lowest BCUT2D eigenvalue weighted by atomic mass is 10.1. The number of hydrogen-bond donors (Lipinski definition) is 2. The molecule has 1 aromatic carbocycles. The molecule has 0 saturated heterocycles. The number of aromatic amines is 1. The molecule has 0 fully saturated rings. The summed E-state index contributed by atoms with van der Waals surface area (Å²) >= 11 is 0. The van der Waals surface area contributed by atoms with E-state index in [1.165, 1.54) is 0 Å². The number of aromatic nitrogens is 5. The van der Waals surface area contributed by atoms with Crippen molar-refractivity contribution >= 4 is 6.03 Å². The molecule has 0 spiro atoms. The zero-order chi connectivity index (χ0) is 18.5. The highest BCUT2D eigenvalue weighted by Gasteiger charge is 2.14. The van der Waals surface area contributed by atoms with E-state index < -0.39 is 0 Å². The number of carbonyl (C=O) groups excluding carboxylic acids is 1. The van der Waals surface area contributed by atoms with Crippen LogP contribution in [0.15, 0.2) is 34.9 Å². The first-order valence-electron chi connectivity index (χ1n) is 8.30. The van der Waals surface area contributed by atoms with Crippen LogP contribution in [-0.2, 0) is 13.1 Å². The number of amides is 2. The average Bonchev–Trinajstić information content (AvgIpc) is 3.31. The second-order valence-corrected chi connectivity index (χ2v) is 6.32. The molecule has 136 valence electrons. The molecule has 26 heavy (non-hydrogen) atoms. The summed E-state index contributed by atoms with van der Waals surface area (Å²) in [6, 6.07) is 9.30. The lowest BCUT2D eigenvalue weighted by molar-refractivity contribution is 0.200. The Kier molecular flexibility index (Phi) is 5.26. The van der Waals surface area contributed by atoms with E-state index in [-0.39, 0.29) is 11.9 Å². The highest BCUT2D eigenvalue weighted by molar-refractivity contribution is 5.73. The Balaban J connectivity index is 1.55. The van der Waals surface area contributed by atoms with Crippen LogP contribution in [0.25, 0.3) is 11.4 Å². The van der Waals surface area contributed by atoms with E-state index >= 15 is 0 Å². The monoisotopic (exact) mass is 355 g/mol. The summed E-state index contributed by atoms with van der Waals surface area (Å²) in [5.74, 6) is 1.46. The summed E-state index contributed by atoms with van der Waals surface area (Å²) in [5, 5.41) is 20.8. The van der Waals surface area contributed by atoms with Gasteiger partial charge in [-0.3, -0.25) is 0 Å². The van der Waals surface area contributed by atoms with E-state index in [1.54, 1.807) is 11.9 Å². The largest absolute Gasteiger partial charge is 0.359 e. The Bertz CT molecular complexity index is 858. The number of H-pyrrole nitrogens is 1. The van der Waals surface area contributed by atoms with Crippen LogP contribution < -0.4 is 5.32 Å². The van der Waals surface area contributed by atoms with E-state index in [2.05, 4.69) is 31.1 Å². The van der Waals surface area contributed by atoms with Gasteiger partial charge in [-0.1, -0.05) is 37.2 Å². The van der Waals surface area contributed by atoms with Crippen molar-refractivity contribution in [3.63, 3.8) is 0 Å². The molecule has 2 aromatic heterocycles. The minimum absolute atomic E-state index is 0.197. The van der Waals surface area contributed by atoms with E-state index in [0.29, 0.717) is 24.7 Å². The van der Waals surface area contributed by atoms with Gasteiger partial charge in [-0.15, -0.1) is 10.2 Å². The number of carbonyl (C=O) groups is 1. The number of rotatable bonds is 6. The Morgan fingerprint density at radius 2 is 2.19 bits per heavy atom. The van der Waals surface area contributed by atoms with Crippen molar-refractivity contribution in [3.05, 3.63) is 47.3 Å². The third-order valence-electron chi connectivity index (χ3n) is 3.88. The molecule has 9 heteroatoms. The third kappa shape index (κ3) is 4.24. The van der Waals surface area contributed by atoms with Crippen molar-refractivity contribution < 1.29 is 9.32 Å². The highest BCUT2D eigenvalue weighted by Crippen LogP contribution is 2.16. The molecule has 2 N–H and O–H groups in total. The molecule has 2 amide bonds. The summed E-state index contributed by atoms with van der Waals surface area (Å²) < 4.78 is 5.27. The molecule has 0 aliphatic heterocycles. The van der Waals surface area contributed by atoms with Crippen molar-refractivity contribution in [2.75, 3.05) is 7.05 Å². The van der Waals surface area contributed by atoms with E-state index in [4.69, 9.17) is 4.52 Å². The summed E-state index contributed by atoms with van der Waals surface area (Å²) in [5.41, 5.74) is 2.66. The average molecular weight is 355 g/mol. The van der Waals surface area contributed by atoms with Crippen molar-refractivity contribution in [1.82, 2.24) is 36.0 Å². The van der Waals surface area contributed by atoms with Crippen LogP contribution in [0.3, 0.4) is 0 Å². The van der Waals surface area contributed by atoms with Crippen LogP contribution in [0.5, 0.6) is 0 Å². The topological polar surface area (TPSA) is 113 Å². The van der Waals surface area contributed by atoms with Crippen molar-refractivity contribution in [2.24, 2.45) is 0 Å². The normalized spacial score (nSPS) is 10.9. The fourth-order valence-corrected chi connectivity index (χ4v) is 2.40. The van der Waals surface area contributed by atoms with Gasteiger partial charge in [0.25, 0.3) is 0 Å². The number of urea groups is 1. The predicted molar refractivity (Wildman–Crippen MR) is 93.9 cm³/mol. The first-order chi connectivity index (χ1) is 12.5. The molecule has 3 rings (SSSR count). The maximum Gasteiger partial charge on any atom is 0.317 e. The summed E-state index contributed by atoms with van der Waals surface area (Å²) in [6.45, 7) is 4.83. The van der Waals surface area contributed by atoms with Gasteiger partial charge in [0.05, 0.1) is 12.2 Å². The van der Waals surface area contributed by atoms with Gasteiger partial charge < -0.3 is 14.7 Å². The Labute approximate surface area is 150 Å². The molecule has 0 aliphatic carbocycles. The zero-order valence-electron chi connectivity index (χ0n) is 14.9. The Morgan fingerprint density at radius 3 is 2.88 bits per heavy atom. The van der Waals surface area contributed by atoms with Gasteiger partial charge in [-0.2, -0.15) is 5.21 Å². The number of nitrogens with one attached hydrogen (secondary N) is 2. The molecular weight excluding hydrogens is 334 g/mol. The summed E-state index contributed by atoms with van der Waals surface area (Å²) in [6.07, 6.45) is 0. The molecule has 3 aromatic rings. The third-order valence-corrected chi connectivity index (χ3v) is 3.88. The molecular formula is C17H21N7O2. The van der Waals surface area contributed by atoms with Crippen LogP contribution in [0, 0.1) is 0 Å². The van der Waals surface area contributed by atoms with Crippen LogP contribution in [-0.4, -0.2) is 43.8 Å². The molecule has 0 bridgehead atoms. The van der Waals surface area contributed by atoms with Gasteiger partial charge in [-0.25, -0.2) is 4.79 Å². The second-order valence-electron chi connectivity index (χ2n) is 6.32. The van der Waals surface area contributed by atoms with E-state index in [1.807, 2.05) is 44.2 Å². The van der Waals surface area contributed by atoms with Crippen LogP contribution in [0.1, 0.15) is 36.8 Å². The second kappa shape index (κ2) is 7.77. The smallest absolute Gasteiger partial charge is 0.317 e. The maximum atomic E-state index is 12.3. The molecule has 0 radical (unpaired) electrons. The van der Waals surface area contributed by atoms with Gasteiger partial charge in [0.15, 0.2) is 5.76 Å². The van der Waals surface area contributed by atoms with Gasteiger partial charge in [-0.05, 0) is 22.8 Å². The molecule has 9 nitrogen and oxygen atoms in total. The molecule has 0 saturated carbocycles.